The van der Waals surface area contributed by atoms with E-state index < -0.39 is 36.2 Å². The molecule has 0 rings (SSSR count). The van der Waals surface area contributed by atoms with Gasteiger partial charge in [0.15, 0.2) is 0 Å². The fourth-order valence-corrected chi connectivity index (χ4v) is 5.94. The van der Waals surface area contributed by atoms with Gasteiger partial charge in [-0.3, -0.25) is 19.3 Å². The van der Waals surface area contributed by atoms with Crippen LogP contribution in [0.5, 0.6) is 0 Å². The van der Waals surface area contributed by atoms with Gasteiger partial charge < -0.3 is 10.2 Å². The Morgan fingerprint density at radius 2 is 0.705 bits per heavy atom. The highest BCUT2D eigenvalue weighted by Gasteiger charge is 2.34. The van der Waals surface area contributed by atoms with E-state index in [1.165, 1.54) is 116 Å². The molecular formula is C37H69NO6. The number of unbranched alkanes of at least 4 members (excludes halogenated alkanes) is 24. The van der Waals surface area contributed by atoms with E-state index >= 15 is 0 Å². The Labute approximate surface area is 270 Å². The van der Waals surface area contributed by atoms with Crippen molar-refractivity contribution in [2.24, 2.45) is 0 Å². The summed E-state index contributed by atoms with van der Waals surface area (Å²) in [6.07, 6.45) is 30.3. The van der Waals surface area contributed by atoms with Crippen molar-refractivity contribution in [2.75, 3.05) is 0 Å². The number of imide groups is 1. The summed E-state index contributed by atoms with van der Waals surface area (Å²) >= 11 is 0. The van der Waals surface area contributed by atoms with Gasteiger partial charge in [0.1, 0.15) is 6.04 Å². The second kappa shape index (κ2) is 31.1. The van der Waals surface area contributed by atoms with Crippen molar-refractivity contribution in [1.29, 1.82) is 0 Å². The minimum absolute atomic E-state index is 0.124. The minimum atomic E-state index is -1.42. The van der Waals surface area contributed by atoms with Crippen molar-refractivity contribution < 1.29 is 29.4 Å². The molecule has 2 amide bonds. The second-order valence-corrected chi connectivity index (χ2v) is 12.9. The molecule has 258 valence electrons. The first-order chi connectivity index (χ1) is 21.3. The van der Waals surface area contributed by atoms with Crippen LogP contribution >= 0.6 is 0 Å². The molecule has 0 saturated heterocycles. The second-order valence-electron chi connectivity index (χ2n) is 12.9. The normalized spacial score (nSPS) is 11.9. The molecule has 44 heavy (non-hydrogen) atoms. The highest BCUT2D eigenvalue weighted by molar-refractivity contribution is 5.99. The smallest absolute Gasteiger partial charge is 0.326 e. The summed E-state index contributed by atoms with van der Waals surface area (Å²) in [4.78, 5) is 50.2. The molecule has 0 aliphatic carbocycles. The van der Waals surface area contributed by atoms with Gasteiger partial charge in [0.2, 0.25) is 11.8 Å². The molecule has 7 nitrogen and oxygen atoms in total. The molecule has 0 fully saturated rings. The fourth-order valence-electron chi connectivity index (χ4n) is 5.94. The van der Waals surface area contributed by atoms with Crippen LogP contribution in [0, 0.1) is 0 Å². The Hall–Kier alpha value is -1.92. The number of carboxylic acids is 2. The molecule has 7 heteroatoms. The molecular weight excluding hydrogens is 554 g/mol. The van der Waals surface area contributed by atoms with Crippen LogP contribution in [-0.4, -0.2) is 44.9 Å². The number of rotatable bonds is 33. The first kappa shape index (κ1) is 42.1. The number of carbonyl (C=O) groups is 4. The average Bonchev–Trinajstić information content (AvgIpc) is 2.99. The third-order valence-corrected chi connectivity index (χ3v) is 8.75. The van der Waals surface area contributed by atoms with Crippen LogP contribution in [0.2, 0.25) is 0 Å². The monoisotopic (exact) mass is 624 g/mol. The average molecular weight is 624 g/mol. The number of nitrogens with zero attached hydrogens (tertiary/aromatic N) is 1. The Kier molecular flexibility index (Phi) is 29.7. The third-order valence-electron chi connectivity index (χ3n) is 8.75. The number of carboxylic acid groups (broad SMARTS) is 2. The molecule has 0 radical (unpaired) electrons. The Morgan fingerprint density at radius 1 is 0.432 bits per heavy atom. The summed E-state index contributed by atoms with van der Waals surface area (Å²) in [5.41, 5.74) is 0. The minimum Gasteiger partial charge on any atom is -0.481 e. The molecule has 0 spiro atoms. The lowest BCUT2D eigenvalue weighted by Gasteiger charge is -2.27. The van der Waals surface area contributed by atoms with Gasteiger partial charge in [-0.2, -0.15) is 0 Å². The van der Waals surface area contributed by atoms with Crippen LogP contribution < -0.4 is 0 Å². The van der Waals surface area contributed by atoms with Crippen molar-refractivity contribution >= 4 is 23.8 Å². The topological polar surface area (TPSA) is 112 Å². The Bertz CT molecular complexity index is 683. The molecule has 0 aromatic heterocycles. The Balaban J connectivity index is 4.40. The summed E-state index contributed by atoms with van der Waals surface area (Å²) in [7, 11) is 0. The SMILES string of the molecule is CCCCCCCCCCCCCCCC(=O)N(C(=O)CCCCCCCCCCCCCCC)[C@@H](CCC(=O)O)C(=O)O. The largest absolute Gasteiger partial charge is 0.481 e. The van der Waals surface area contributed by atoms with Gasteiger partial charge in [0.25, 0.3) is 0 Å². The first-order valence-electron chi connectivity index (χ1n) is 18.6. The number of hydrogen-bond donors (Lipinski definition) is 2. The standard InChI is InChI=1S/C37H69NO6/c1-3-5-7-9-11-13-15-17-19-21-23-25-27-29-34(39)38(33(37(43)44)31-32-36(41)42)35(40)30-28-26-24-22-20-18-16-14-12-10-8-6-4-2/h33H,3-32H2,1-2H3,(H,41,42)(H,43,44)/t33-/m0/s1. The highest BCUT2D eigenvalue weighted by atomic mass is 16.4. The lowest BCUT2D eigenvalue weighted by Crippen LogP contribution is -2.48. The quantitative estimate of drug-likeness (QED) is 0.0703. The zero-order chi connectivity index (χ0) is 32.7. The van der Waals surface area contributed by atoms with E-state index in [4.69, 9.17) is 5.11 Å². The molecule has 0 aliphatic rings. The van der Waals surface area contributed by atoms with Crippen LogP contribution in [0.3, 0.4) is 0 Å². The number of hydrogen-bond acceptors (Lipinski definition) is 4. The molecule has 0 bridgehead atoms. The van der Waals surface area contributed by atoms with E-state index in [-0.39, 0.29) is 19.3 Å². The van der Waals surface area contributed by atoms with Gasteiger partial charge in [-0.1, -0.05) is 168 Å². The van der Waals surface area contributed by atoms with Crippen LogP contribution in [-0.2, 0) is 19.2 Å². The van der Waals surface area contributed by atoms with Crippen LogP contribution in [0.4, 0.5) is 0 Å². The summed E-state index contributed by atoms with van der Waals surface area (Å²) < 4.78 is 0. The van der Waals surface area contributed by atoms with E-state index in [1.54, 1.807) is 0 Å². The van der Waals surface area contributed by atoms with Crippen molar-refractivity contribution in [3.8, 4) is 0 Å². The van der Waals surface area contributed by atoms with Crippen molar-refractivity contribution in [1.82, 2.24) is 4.90 Å². The molecule has 2 N–H and O–H groups in total. The van der Waals surface area contributed by atoms with Crippen LogP contribution in [0.15, 0.2) is 0 Å². The van der Waals surface area contributed by atoms with E-state index in [0.29, 0.717) is 12.8 Å². The fraction of sp³-hybridized carbons (Fsp3) is 0.892. The summed E-state index contributed by atoms with van der Waals surface area (Å²) in [5, 5.41) is 18.9. The van der Waals surface area contributed by atoms with E-state index in [9.17, 15) is 24.3 Å². The number of carbonyl (C=O) groups excluding carboxylic acids is 2. The van der Waals surface area contributed by atoms with Crippen molar-refractivity contribution in [3.63, 3.8) is 0 Å². The predicted octanol–water partition coefficient (Wildman–Crippen LogP) is 10.6. The van der Waals surface area contributed by atoms with Crippen LogP contribution in [0.25, 0.3) is 0 Å². The van der Waals surface area contributed by atoms with Gasteiger partial charge in [0.05, 0.1) is 0 Å². The van der Waals surface area contributed by atoms with Crippen molar-refractivity contribution in [3.05, 3.63) is 0 Å². The maximum Gasteiger partial charge on any atom is 0.326 e. The zero-order valence-electron chi connectivity index (χ0n) is 28.8. The van der Waals surface area contributed by atoms with Gasteiger partial charge in [-0.05, 0) is 19.3 Å². The highest BCUT2D eigenvalue weighted by Crippen LogP contribution is 2.18. The molecule has 0 heterocycles. The summed E-state index contributed by atoms with van der Waals surface area (Å²) in [6.45, 7) is 4.48. The van der Waals surface area contributed by atoms with E-state index in [0.717, 1.165) is 43.4 Å². The third kappa shape index (κ3) is 25.4. The molecule has 0 saturated carbocycles. The van der Waals surface area contributed by atoms with Gasteiger partial charge in [0, 0.05) is 19.3 Å². The maximum absolute atomic E-state index is 13.1. The summed E-state index contributed by atoms with van der Waals surface area (Å²) in [5.74, 6) is -3.41. The molecule has 0 aromatic rings. The zero-order valence-corrected chi connectivity index (χ0v) is 28.8. The molecule has 0 aliphatic heterocycles. The summed E-state index contributed by atoms with van der Waals surface area (Å²) in [6, 6.07) is -1.42. The van der Waals surface area contributed by atoms with E-state index in [1.807, 2.05) is 0 Å². The van der Waals surface area contributed by atoms with E-state index in [2.05, 4.69) is 13.8 Å². The van der Waals surface area contributed by atoms with Crippen LogP contribution in [0.1, 0.15) is 206 Å². The maximum atomic E-state index is 13.1. The van der Waals surface area contributed by atoms with Gasteiger partial charge in [-0.15, -0.1) is 0 Å². The first-order valence-corrected chi connectivity index (χ1v) is 18.6. The molecule has 1 atom stereocenters. The van der Waals surface area contributed by atoms with Gasteiger partial charge >= 0.3 is 11.9 Å². The van der Waals surface area contributed by atoms with Crippen molar-refractivity contribution in [2.45, 2.75) is 213 Å². The van der Waals surface area contributed by atoms with Gasteiger partial charge in [-0.25, -0.2) is 4.79 Å². The lowest BCUT2D eigenvalue weighted by atomic mass is 10.0. The number of aliphatic carboxylic acids is 2. The Morgan fingerprint density at radius 3 is 0.955 bits per heavy atom. The molecule has 0 aromatic carbocycles. The number of amides is 2. The lowest BCUT2D eigenvalue weighted by molar-refractivity contribution is -0.159. The predicted molar refractivity (Wildman–Crippen MR) is 181 cm³/mol. The molecule has 0 unspecified atom stereocenters.